The molecular weight excluding hydrogens is 343 g/mol. The van der Waals surface area contributed by atoms with Crippen LogP contribution in [0.3, 0.4) is 0 Å². The molecule has 1 heterocycles. The molecule has 3 nitrogen and oxygen atoms in total. The summed E-state index contributed by atoms with van der Waals surface area (Å²) in [5, 5.41) is 3.88. The Balaban J connectivity index is 2.15. The van der Waals surface area contributed by atoms with Gasteiger partial charge in [0.2, 0.25) is 0 Å². The van der Waals surface area contributed by atoms with Crippen LogP contribution >= 0.6 is 27.3 Å². The van der Waals surface area contributed by atoms with E-state index in [4.69, 9.17) is 0 Å². The van der Waals surface area contributed by atoms with Crippen LogP contribution in [0.1, 0.15) is 38.9 Å². The summed E-state index contributed by atoms with van der Waals surface area (Å²) in [4.78, 5) is 17.5. The van der Waals surface area contributed by atoms with Crippen LogP contribution in [0.25, 0.3) is 0 Å². The van der Waals surface area contributed by atoms with E-state index in [1.54, 1.807) is 11.3 Å². The third kappa shape index (κ3) is 3.24. The van der Waals surface area contributed by atoms with E-state index >= 15 is 0 Å². The van der Waals surface area contributed by atoms with E-state index in [1.807, 2.05) is 20.8 Å². The van der Waals surface area contributed by atoms with Crippen LogP contribution in [-0.4, -0.2) is 10.9 Å². The number of halogens is 2. The molecule has 0 aliphatic carbocycles. The van der Waals surface area contributed by atoms with E-state index in [0.717, 1.165) is 15.6 Å². The second kappa shape index (κ2) is 6.01. The molecule has 20 heavy (non-hydrogen) atoms. The summed E-state index contributed by atoms with van der Waals surface area (Å²) in [5.41, 5.74) is 1.35. The molecule has 0 fully saturated rings. The fourth-order valence-electron chi connectivity index (χ4n) is 1.93. The van der Waals surface area contributed by atoms with Gasteiger partial charge in [-0.15, -0.1) is 11.3 Å². The zero-order valence-corrected chi connectivity index (χ0v) is 13.7. The Kier molecular flexibility index (Phi) is 4.55. The molecular formula is C14H14BrFN2OS. The monoisotopic (exact) mass is 356 g/mol. The Hall–Kier alpha value is -1.27. The van der Waals surface area contributed by atoms with Gasteiger partial charge in [0.1, 0.15) is 5.82 Å². The SMILES string of the molecule is Cc1nc(C)c(C(C)NC(=O)c2ccc(F)c(Br)c2)s1. The van der Waals surface area contributed by atoms with Crippen LogP contribution in [0.2, 0.25) is 0 Å². The van der Waals surface area contributed by atoms with E-state index in [9.17, 15) is 9.18 Å². The summed E-state index contributed by atoms with van der Waals surface area (Å²) in [7, 11) is 0. The normalized spacial score (nSPS) is 12.2. The first-order valence-electron chi connectivity index (χ1n) is 6.08. The minimum Gasteiger partial charge on any atom is -0.345 e. The van der Waals surface area contributed by atoms with Crippen molar-refractivity contribution in [3.63, 3.8) is 0 Å². The molecule has 1 aromatic heterocycles. The Morgan fingerprint density at radius 3 is 2.70 bits per heavy atom. The number of carbonyl (C=O) groups excluding carboxylic acids is 1. The van der Waals surface area contributed by atoms with E-state index in [2.05, 4.69) is 26.2 Å². The number of hydrogen-bond acceptors (Lipinski definition) is 3. The number of nitrogens with one attached hydrogen (secondary N) is 1. The van der Waals surface area contributed by atoms with Crippen LogP contribution in [0.4, 0.5) is 4.39 Å². The number of nitrogens with zero attached hydrogens (tertiary/aromatic N) is 1. The van der Waals surface area contributed by atoms with Gasteiger partial charge in [0, 0.05) is 10.4 Å². The molecule has 1 unspecified atom stereocenters. The van der Waals surface area contributed by atoms with Gasteiger partial charge in [-0.3, -0.25) is 4.79 Å². The second-order valence-electron chi connectivity index (χ2n) is 4.51. The van der Waals surface area contributed by atoms with Gasteiger partial charge in [0.15, 0.2) is 0 Å². The largest absolute Gasteiger partial charge is 0.345 e. The van der Waals surface area contributed by atoms with Crippen molar-refractivity contribution in [2.75, 3.05) is 0 Å². The number of rotatable bonds is 3. The Bertz CT molecular complexity index is 657. The van der Waals surface area contributed by atoms with E-state index < -0.39 is 0 Å². The third-order valence-corrected chi connectivity index (χ3v) is 4.73. The van der Waals surface area contributed by atoms with Gasteiger partial charge >= 0.3 is 0 Å². The lowest BCUT2D eigenvalue weighted by molar-refractivity contribution is 0.0940. The van der Waals surface area contributed by atoms with Gasteiger partial charge in [-0.25, -0.2) is 9.37 Å². The molecule has 0 aliphatic heterocycles. The third-order valence-electron chi connectivity index (χ3n) is 2.86. The molecule has 6 heteroatoms. The summed E-state index contributed by atoms with van der Waals surface area (Å²) in [6, 6.07) is 4.08. The molecule has 0 radical (unpaired) electrons. The average Bonchev–Trinajstić information content (AvgIpc) is 2.71. The molecule has 1 atom stereocenters. The van der Waals surface area contributed by atoms with Crippen molar-refractivity contribution in [3.05, 3.63) is 49.6 Å². The molecule has 0 aliphatic rings. The van der Waals surface area contributed by atoms with Crippen molar-refractivity contribution in [3.8, 4) is 0 Å². The molecule has 2 aromatic rings. The van der Waals surface area contributed by atoms with Crippen molar-refractivity contribution in [1.82, 2.24) is 10.3 Å². The van der Waals surface area contributed by atoms with Crippen LogP contribution in [0, 0.1) is 19.7 Å². The maximum atomic E-state index is 13.2. The molecule has 0 spiro atoms. The maximum Gasteiger partial charge on any atom is 0.251 e. The summed E-state index contributed by atoms with van der Waals surface area (Å²) in [6.07, 6.45) is 0. The first-order chi connectivity index (χ1) is 9.38. The summed E-state index contributed by atoms with van der Waals surface area (Å²) < 4.78 is 13.4. The van der Waals surface area contributed by atoms with Gasteiger partial charge in [0.25, 0.3) is 5.91 Å². The number of amides is 1. The summed E-state index contributed by atoms with van der Waals surface area (Å²) >= 11 is 4.65. The smallest absolute Gasteiger partial charge is 0.251 e. The Labute approximate surface area is 129 Å². The fourth-order valence-corrected chi connectivity index (χ4v) is 3.24. The number of hydrogen-bond donors (Lipinski definition) is 1. The second-order valence-corrected chi connectivity index (χ2v) is 6.60. The number of aromatic nitrogens is 1. The highest BCUT2D eigenvalue weighted by atomic mass is 79.9. The van der Waals surface area contributed by atoms with Crippen molar-refractivity contribution in [2.45, 2.75) is 26.8 Å². The Morgan fingerprint density at radius 1 is 1.45 bits per heavy atom. The van der Waals surface area contributed by atoms with E-state index in [-0.39, 0.29) is 22.2 Å². The van der Waals surface area contributed by atoms with Crippen LogP contribution in [0.15, 0.2) is 22.7 Å². The lowest BCUT2D eigenvalue weighted by Crippen LogP contribution is -2.26. The van der Waals surface area contributed by atoms with E-state index in [0.29, 0.717) is 5.56 Å². The predicted octanol–water partition coefficient (Wildman–Crippen LogP) is 4.15. The van der Waals surface area contributed by atoms with Crippen LogP contribution in [0.5, 0.6) is 0 Å². The molecule has 1 N–H and O–H groups in total. The highest BCUT2D eigenvalue weighted by molar-refractivity contribution is 9.10. The number of benzene rings is 1. The van der Waals surface area contributed by atoms with E-state index in [1.165, 1.54) is 18.2 Å². The molecule has 2 rings (SSSR count). The zero-order chi connectivity index (χ0) is 14.9. The molecule has 106 valence electrons. The minimum atomic E-state index is -0.386. The van der Waals surface area contributed by atoms with Crippen molar-refractivity contribution in [1.29, 1.82) is 0 Å². The maximum absolute atomic E-state index is 13.2. The minimum absolute atomic E-state index is 0.127. The van der Waals surface area contributed by atoms with Crippen molar-refractivity contribution < 1.29 is 9.18 Å². The standard InChI is InChI=1S/C14H14BrFN2OS/c1-7-13(20-9(3)17-7)8(2)18-14(19)10-4-5-12(16)11(15)6-10/h4-6,8H,1-3H3,(H,18,19). The zero-order valence-electron chi connectivity index (χ0n) is 11.3. The molecule has 1 aromatic carbocycles. The molecule has 0 bridgehead atoms. The molecule has 0 saturated carbocycles. The van der Waals surface area contributed by atoms with Crippen LogP contribution < -0.4 is 5.32 Å². The molecule has 1 amide bonds. The number of thiazole rings is 1. The summed E-state index contributed by atoms with van der Waals surface area (Å²) in [5.74, 6) is -0.618. The molecule has 0 saturated heterocycles. The van der Waals surface area contributed by atoms with Gasteiger partial charge < -0.3 is 5.32 Å². The van der Waals surface area contributed by atoms with Crippen molar-refractivity contribution >= 4 is 33.2 Å². The van der Waals surface area contributed by atoms with Gasteiger partial charge in [0.05, 0.1) is 21.2 Å². The highest BCUT2D eigenvalue weighted by Crippen LogP contribution is 2.25. The van der Waals surface area contributed by atoms with Gasteiger partial charge in [-0.2, -0.15) is 0 Å². The topological polar surface area (TPSA) is 42.0 Å². The lowest BCUT2D eigenvalue weighted by Gasteiger charge is -2.13. The predicted molar refractivity (Wildman–Crippen MR) is 81.6 cm³/mol. The Morgan fingerprint density at radius 2 is 2.15 bits per heavy atom. The van der Waals surface area contributed by atoms with Crippen LogP contribution in [-0.2, 0) is 0 Å². The number of carbonyl (C=O) groups is 1. The first kappa shape index (κ1) is 15.1. The number of aryl methyl sites for hydroxylation is 2. The lowest BCUT2D eigenvalue weighted by atomic mass is 10.2. The van der Waals surface area contributed by atoms with Crippen molar-refractivity contribution in [2.24, 2.45) is 0 Å². The highest BCUT2D eigenvalue weighted by Gasteiger charge is 2.16. The summed E-state index contributed by atoms with van der Waals surface area (Å²) in [6.45, 7) is 5.78. The van der Waals surface area contributed by atoms with Gasteiger partial charge in [-0.05, 0) is 54.9 Å². The fraction of sp³-hybridized carbons (Fsp3) is 0.286. The van der Waals surface area contributed by atoms with Gasteiger partial charge in [-0.1, -0.05) is 0 Å². The average molecular weight is 357 g/mol. The first-order valence-corrected chi connectivity index (χ1v) is 7.69. The quantitative estimate of drug-likeness (QED) is 0.897.